The molecule has 18 heavy (non-hydrogen) atoms. The molecule has 0 radical (unpaired) electrons. The molecule has 4 heteroatoms. The molecule has 1 heterocycles. The van der Waals surface area contributed by atoms with Crippen molar-refractivity contribution in [3.05, 3.63) is 29.1 Å². The zero-order valence-corrected chi connectivity index (χ0v) is 11.0. The summed E-state index contributed by atoms with van der Waals surface area (Å²) in [4.78, 5) is 0. The highest BCUT2D eigenvalue weighted by Crippen LogP contribution is 2.35. The lowest BCUT2D eigenvalue weighted by Gasteiger charge is -2.25. The van der Waals surface area contributed by atoms with Crippen molar-refractivity contribution in [3.8, 4) is 5.75 Å². The summed E-state index contributed by atoms with van der Waals surface area (Å²) in [5, 5.41) is 3.37. The highest BCUT2D eigenvalue weighted by atomic mass is 19.1. The minimum atomic E-state index is -0.263. The molecule has 1 fully saturated rings. The Hall–Kier alpha value is -1.13. The predicted octanol–water partition coefficient (Wildman–Crippen LogP) is 2.45. The minimum Gasteiger partial charge on any atom is -0.496 e. The molecule has 1 unspecified atom stereocenters. The van der Waals surface area contributed by atoms with Gasteiger partial charge in [-0.05, 0) is 31.0 Å². The second-order valence-corrected chi connectivity index (χ2v) is 4.62. The van der Waals surface area contributed by atoms with Crippen molar-refractivity contribution in [1.82, 2.24) is 5.32 Å². The first kappa shape index (κ1) is 13.3. The topological polar surface area (TPSA) is 30.5 Å². The van der Waals surface area contributed by atoms with Gasteiger partial charge in [-0.25, -0.2) is 4.39 Å². The van der Waals surface area contributed by atoms with Gasteiger partial charge in [0.2, 0.25) is 0 Å². The van der Waals surface area contributed by atoms with Crippen LogP contribution in [0.2, 0.25) is 0 Å². The second-order valence-electron chi connectivity index (χ2n) is 4.62. The number of piperidine rings is 1. The average molecular weight is 253 g/mol. The number of nitrogens with one attached hydrogen (secondary N) is 1. The van der Waals surface area contributed by atoms with Crippen molar-refractivity contribution in [2.24, 2.45) is 0 Å². The summed E-state index contributed by atoms with van der Waals surface area (Å²) in [6.07, 6.45) is 2.26. The van der Waals surface area contributed by atoms with Gasteiger partial charge in [0.25, 0.3) is 0 Å². The van der Waals surface area contributed by atoms with E-state index in [0.29, 0.717) is 17.2 Å². The summed E-state index contributed by atoms with van der Waals surface area (Å²) >= 11 is 0. The van der Waals surface area contributed by atoms with Gasteiger partial charge in [-0.3, -0.25) is 0 Å². The van der Waals surface area contributed by atoms with Gasteiger partial charge in [0, 0.05) is 19.6 Å². The third kappa shape index (κ3) is 2.65. The first-order valence-electron chi connectivity index (χ1n) is 6.32. The SMILES string of the molecule is COCc1c(F)ccc(C2CCCNC2)c1OC. The number of hydrogen-bond acceptors (Lipinski definition) is 3. The zero-order chi connectivity index (χ0) is 13.0. The Bertz CT molecular complexity index is 403. The fraction of sp³-hybridized carbons (Fsp3) is 0.571. The van der Waals surface area contributed by atoms with Crippen LogP contribution < -0.4 is 10.1 Å². The van der Waals surface area contributed by atoms with Crippen molar-refractivity contribution in [2.75, 3.05) is 27.3 Å². The molecule has 100 valence electrons. The van der Waals surface area contributed by atoms with Crippen LogP contribution in [-0.2, 0) is 11.3 Å². The predicted molar refractivity (Wildman–Crippen MR) is 68.5 cm³/mol. The summed E-state index contributed by atoms with van der Waals surface area (Å²) in [6, 6.07) is 3.35. The number of ether oxygens (including phenoxy) is 2. The van der Waals surface area contributed by atoms with Crippen LogP contribution in [0.4, 0.5) is 4.39 Å². The molecule has 1 N–H and O–H groups in total. The van der Waals surface area contributed by atoms with E-state index in [9.17, 15) is 4.39 Å². The lowest BCUT2D eigenvalue weighted by atomic mass is 9.89. The Kier molecular flexibility index (Phi) is 4.55. The lowest BCUT2D eigenvalue weighted by molar-refractivity contribution is 0.177. The zero-order valence-electron chi connectivity index (χ0n) is 11.0. The molecule has 0 aromatic heterocycles. The maximum absolute atomic E-state index is 13.8. The monoisotopic (exact) mass is 253 g/mol. The molecule has 0 amide bonds. The van der Waals surface area contributed by atoms with Crippen LogP contribution in [0, 0.1) is 5.82 Å². The van der Waals surface area contributed by atoms with Gasteiger partial charge in [0.05, 0.1) is 19.3 Å². The van der Waals surface area contributed by atoms with Crippen molar-refractivity contribution in [1.29, 1.82) is 0 Å². The summed E-state index contributed by atoms with van der Waals surface area (Å²) in [5.74, 6) is 0.775. The molecular formula is C14H20FNO2. The lowest BCUT2D eigenvalue weighted by Crippen LogP contribution is -2.28. The van der Waals surface area contributed by atoms with Gasteiger partial charge in [-0.15, -0.1) is 0 Å². The van der Waals surface area contributed by atoms with E-state index in [4.69, 9.17) is 9.47 Å². The largest absolute Gasteiger partial charge is 0.496 e. The summed E-state index contributed by atoms with van der Waals surface area (Å²) in [7, 11) is 3.15. The molecule has 1 aliphatic rings. The van der Waals surface area contributed by atoms with Gasteiger partial charge in [0.1, 0.15) is 11.6 Å². The Morgan fingerprint density at radius 2 is 2.22 bits per heavy atom. The summed E-state index contributed by atoms with van der Waals surface area (Å²) in [5.41, 5.74) is 1.60. The molecule has 1 atom stereocenters. The average Bonchev–Trinajstić information content (AvgIpc) is 2.42. The quantitative estimate of drug-likeness (QED) is 0.894. The van der Waals surface area contributed by atoms with Gasteiger partial charge in [-0.1, -0.05) is 6.07 Å². The van der Waals surface area contributed by atoms with E-state index in [0.717, 1.165) is 31.5 Å². The van der Waals surface area contributed by atoms with Gasteiger partial charge in [-0.2, -0.15) is 0 Å². The highest BCUT2D eigenvalue weighted by molar-refractivity contribution is 5.44. The summed E-state index contributed by atoms with van der Waals surface area (Å²) < 4.78 is 24.3. The molecule has 1 saturated heterocycles. The van der Waals surface area contributed by atoms with Crippen LogP contribution in [0.25, 0.3) is 0 Å². The number of benzene rings is 1. The van der Waals surface area contributed by atoms with Gasteiger partial charge >= 0.3 is 0 Å². The third-order valence-corrected chi connectivity index (χ3v) is 3.46. The van der Waals surface area contributed by atoms with Crippen molar-refractivity contribution >= 4 is 0 Å². The maximum atomic E-state index is 13.8. The number of hydrogen-bond donors (Lipinski definition) is 1. The Morgan fingerprint density at radius 1 is 1.39 bits per heavy atom. The van der Waals surface area contributed by atoms with Crippen LogP contribution >= 0.6 is 0 Å². The molecule has 3 nitrogen and oxygen atoms in total. The normalized spacial score (nSPS) is 19.8. The molecule has 0 saturated carbocycles. The summed E-state index contributed by atoms with van der Waals surface area (Å²) in [6.45, 7) is 2.22. The number of halogens is 1. The van der Waals surface area contributed by atoms with Crippen LogP contribution in [-0.4, -0.2) is 27.3 Å². The van der Waals surface area contributed by atoms with E-state index >= 15 is 0 Å². The molecular weight excluding hydrogens is 233 g/mol. The van der Waals surface area contributed by atoms with Crippen molar-refractivity contribution < 1.29 is 13.9 Å². The number of rotatable bonds is 4. The fourth-order valence-corrected chi connectivity index (χ4v) is 2.58. The molecule has 1 aliphatic heterocycles. The fourth-order valence-electron chi connectivity index (χ4n) is 2.58. The van der Waals surface area contributed by atoms with Crippen LogP contribution in [0.5, 0.6) is 5.75 Å². The Morgan fingerprint density at radius 3 is 2.83 bits per heavy atom. The number of methoxy groups -OCH3 is 2. The van der Waals surface area contributed by atoms with E-state index in [-0.39, 0.29) is 12.4 Å². The highest BCUT2D eigenvalue weighted by Gasteiger charge is 2.22. The van der Waals surface area contributed by atoms with Gasteiger partial charge < -0.3 is 14.8 Å². The minimum absolute atomic E-state index is 0.239. The standard InChI is InChI=1S/C14H20FNO2/c1-17-9-12-13(15)6-5-11(14(12)18-2)10-4-3-7-16-8-10/h5-6,10,16H,3-4,7-9H2,1-2H3. The smallest absolute Gasteiger partial charge is 0.132 e. The van der Waals surface area contributed by atoms with E-state index in [1.807, 2.05) is 6.07 Å². The second kappa shape index (κ2) is 6.16. The molecule has 2 rings (SSSR count). The van der Waals surface area contributed by atoms with Gasteiger partial charge in [0.15, 0.2) is 0 Å². The van der Waals surface area contributed by atoms with Crippen LogP contribution in [0.3, 0.4) is 0 Å². The van der Waals surface area contributed by atoms with E-state index in [2.05, 4.69) is 5.32 Å². The van der Waals surface area contributed by atoms with E-state index < -0.39 is 0 Å². The Labute approximate surface area is 107 Å². The van der Waals surface area contributed by atoms with Crippen LogP contribution in [0.15, 0.2) is 12.1 Å². The van der Waals surface area contributed by atoms with E-state index in [1.54, 1.807) is 14.2 Å². The van der Waals surface area contributed by atoms with Crippen LogP contribution in [0.1, 0.15) is 29.9 Å². The van der Waals surface area contributed by atoms with Crippen molar-refractivity contribution in [2.45, 2.75) is 25.4 Å². The molecule has 0 bridgehead atoms. The first-order chi connectivity index (χ1) is 8.77. The first-order valence-corrected chi connectivity index (χ1v) is 6.32. The maximum Gasteiger partial charge on any atom is 0.132 e. The molecule has 1 aromatic carbocycles. The van der Waals surface area contributed by atoms with E-state index in [1.165, 1.54) is 6.07 Å². The van der Waals surface area contributed by atoms with Crippen molar-refractivity contribution in [3.63, 3.8) is 0 Å². The molecule has 0 aliphatic carbocycles. The third-order valence-electron chi connectivity index (χ3n) is 3.46. The molecule has 0 spiro atoms. The molecule has 1 aromatic rings. The Balaban J connectivity index is 2.36.